The lowest BCUT2D eigenvalue weighted by molar-refractivity contribution is 0.143. The van der Waals surface area contributed by atoms with Crippen LogP contribution in [0, 0.1) is 0 Å². The minimum atomic E-state index is 0.249. The Balaban J connectivity index is 2.17. The molecule has 2 N–H and O–H groups in total. The lowest BCUT2D eigenvalue weighted by Gasteiger charge is -2.37. The largest absolute Gasteiger partial charge is 0.326 e. The van der Waals surface area contributed by atoms with Gasteiger partial charge in [-0.3, -0.25) is 4.90 Å². The molecular weight excluding hydrogens is 296 g/mol. The van der Waals surface area contributed by atoms with E-state index in [0.717, 1.165) is 6.42 Å². The molecule has 0 bridgehead atoms. The second-order valence-electron chi connectivity index (χ2n) is 4.78. The Hall–Kier alpha value is 0.1000. The van der Waals surface area contributed by atoms with E-state index >= 15 is 0 Å². The molecule has 0 aromatic carbocycles. The van der Waals surface area contributed by atoms with Crippen LogP contribution in [-0.2, 0) is 0 Å². The van der Waals surface area contributed by atoms with E-state index in [-0.39, 0.29) is 6.04 Å². The molecular formula is C13H21BrN2S. The van der Waals surface area contributed by atoms with E-state index in [4.69, 9.17) is 5.73 Å². The van der Waals surface area contributed by atoms with E-state index in [1.54, 1.807) is 0 Å². The third kappa shape index (κ3) is 3.31. The number of nitrogens with two attached hydrogens (primary N) is 1. The van der Waals surface area contributed by atoms with Gasteiger partial charge < -0.3 is 5.73 Å². The fourth-order valence-electron chi connectivity index (χ4n) is 2.56. The first-order valence-electron chi connectivity index (χ1n) is 6.46. The maximum atomic E-state index is 6.34. The highest BCUT2D eigenvalue weighted by Crippen LogP contribution is 2.33. The lowest BCUT2D eigenvalue weighted by atomic mass is 10.00. The summed E-state index contributed by atoms with van der Waals surface area (Å²) in [5, 5.41) is 2.16. The van der Waals surface area contributed by atoms with Gasteiger partial charge in [0.05, 0.1) is 6.04 Å². The van der Waals surface area contributed by atoms with Crippen molar-refractivity contribution < 1.29 is 0 Å². The second-order valence-corrected chi connectivity index (χ2v) is 6.64. The topological polar surface area (TPSA) is 29.3 Å². The molecule has 1 aliphatic rings. The van der Waals surface area contributed by atoms with Crippen LogP contribution >= 0.6 is 27.3 Å². The molecule has 0 saturated carbocycles. The first-order valence-corrected chi connectivity index (χ1v) is 8.13. The second kappa shape index (κ2) is 6.32. The Morgan fingerprint density at radius 2 is 2.12 bits per heavy atom. The molecule has 4 heteroatoms. The van der Waals surface area contributed by atoms with Crippen LogP contribution in [0.2, 0.25) is 0 Å². The molecule has 1 aromatic rings. The molecule has 2 atom stereocenters. The zero-order valence-electron chi connectivity index (χ0n) is 10.4. The van der Waals surface area contributed by atoms with Crippen molar-refractivity contribution in [2.24, 2.45) is 5.73 Å². The maximum Gasteiger partial charge on any atom is 0.0593 e. The van der Waals surface area contributed by atoms with Crippen LogP contribution in [-0.4, -0.2) is 24.0 Å². The minimum Gasteiger partial charge on any atom is -0.326 e. The van der Waals surface area contributed by atoms with Crippen molar-refractivity contribution in [2.75, 3.05) is 13.1 Å². The van der Waals surface area contributed by atoms with Crippen LogP contribution < -0.4 is 5.73 Å². The summed E-state index contributed by atoms with van der Waals surface area (Å²) in [6.45, 7) is 4.59. The van der Waals surface area contributed by atoms with Gasteiger partial charge in [0, 0.05) is 20.8 Å². The zero-order chi connectivity index (χ0) is 12.3. The van der Waals surface area contributed by atoms with Crippen molar-refractivity contribution in [2.45, 2.75) is 44.7 Å². The number of halogens is 1. The molecule has 17 heavy (non-hydrogen) atoms. The third-order valence-corrected chi connectivity index (χ3v) is 5.30. The highest BCUT2D eigenvalue weighted by atomic mass is 79.9. The Morgan fingerprint density at radius 1 is 1.41 bits per heavy atom. The molecule has 0 amide bonds. The molecule has 2 unspecified atom stereocenters. The quantitative estimate of drug-likeness (QED) is 0.916. The summed E-state index contributed by atoms with van der Waals surface area (Å²) in [4.78, 5) is 3.99. The summed E-state index contributed by atoms with van der Waals surface area (Å²) in [6, 6.07) is 2.90. The smallest absolute Gasteiger partial charge is 0.0593 e. The highest BCUT2D eigenvalue weighted by Gasteiger charge is 2.27. The zero-order valence-corrected chi connectivity index (χ0v) is 12.8. The van der Waals surface area contributed by atoms with Crippen molar-refractivity contribution in [1.29, 1.82) is 0 Å². The van der Waals surface area contributed by atoms with Crippen LogP contribution in [0.5, 0.6) is 0 Å². The predicted octanol–water partition coefficient (Wildman–Crippen LogP) is 3.77. The van der Waals surface area contributed by atoms with Crippen LogP contribution in [0.15, 0.2) is 15.9 Å². The van der Waals surface area contributed by atoms with Crippen LogP contribution in [0.4, 0.5) is 0 Å². The number of nitrogens with zero attached hydrogens (tertiary/aromatic N) is 1. The Labute approximate surface area is 116 Å². The van der Waals surface area contributed by atoms with Gasteiger partial charge in [-0.05, 0) is 54.3 Å². The molecule has 2 heterocycles. The molecule has 1 fully saturated rings. The SMILES string of the molecule is CCC(N)C(c1cc(Br)cs1)N1CCCCC1. The van der Waals surface area contributed by atoms with Gasteiger partial charge >= 0.3 is 0 Å². The van der Waals surface area contributed by atoms with Gasteiger partial charge in [-0.2, -0.15) is 0 Å². The number of hydrogen-bond acceptors (Lipinski definition) is 3. The number of rotatable bonds is 4. The van der Waals surface area contributed by atoms with Gasteiger partial charge in [0.2, 0.25) is 0 Å². The first kappa shape index (κ1) is 13.5. The molecule has 0 spiro atoms. The van der Waals surface area contributed by atoms with E-state index in [9.17, 15) is 0 Å². The molecule has 96 valence electrons. The number of hydrogen-bond donors (Lipinski definition) is 1. The Kier molecular flexibility index (Phi) is 5.03. The van der Waals surface area contributed by atoms with Crippen molar-refractivity contribution in [3.63, 3.8) is 0 Å². The van der Waals surface area contributed by atoms with Gasteiger partial charge in [-0.25, -0.2) is 0 Å². The van der Waals surface area contributed by atoms with E-state index in [1.165, 1.54) is 41.7 Å². The van der Waals surface area contributed by atoms with Crippen LogP contribution in [0.1, 0.15) is 43.5 Å². The number of likely N-dealkylation sites (tertiary alicyclic amines) is 1. The Bertz CT molecular complexity index is 347. The average molecular weight is 317 g/mol. The third-order valence-electron chi connectivity index (χ3n) is 3.54. The van der Waals surface area contributed by atoms with Crippen molar-refractivity contribution in [1.82, 2.24) is 4.90 Å². The summed E-state index contributed by atoms with van der Waals surface area (Å²) in [7, 11) is 0. The summed E-state index contributed by atoms with van der Waals surface area (Å²) in [5.41, 5.74) is 6.34. The molecule has 1 aromatic heterocycles. The van der Waals surface area contributed by atoms with Gasteiger partial charge in [0.1, 0.15) is 0 Å². The normalized spacial score (nSPS) is 21.4. The number of piperidine rings is 1. The molecule has 1 aliphatic heterocycles. The first-order chi connectivity index (χ1) is 8.22. The molecule has 1 saturated heterocycles. The van der Waals surface area contributed by atoms with E-state index in [2.05, 4.69) is 39.2 Å². The minimum absolute atomic E-state index is 0.249. The summed E-state index contributed by atoms with van der Waals surface area (Å²) < 4.78 is 1.18. The summed E-state index contributed by atoms with van der Waals surface area (Å²) >= 11 is 5.37. The monoisotopic (exact) mass is 316 g/mol. The predicted molar refractivity (Wildman–Crippen MR) is 78.5 cm³/mol. The van der Waals surface area contributed by atoms with Gasteiger partial charge in [-0.1, -0.05) is 13.3 Å². The number of thiophene rings is 1. The molecule has 2 rings (SSSR count). The van der Waals surface area contributed by atoms with Crippen LogP contribution in [0.25, 0.3) is 0 Å². The fourth-order valence-corrected chi connectivity index (χ4v) is 4.22. The van der Waals surface area contributed by atoms with Crippen molar-refractivity contribution in [3.05, 3.63) is 20.8 Å². The van der Waals surface area contributed by atoms with Gasteiger partial charge in [0.25, 0.3) is 0 Å². The Morgan fingerprint density at radius 3 is 2.65 bits per heavy atom. The van der Waals surface area contributed by atoms with E-state index < -0.39 is 0 Å². The molecule has 2 nitrogen and oxygen atoms in total. The van der Waals surface area contributed by atoms with E-state index in [0.29, 0.717) is 6.04 Å². The average Bonchev–Trinajstić information content (AvgIpc) is 2.77. The maximum absolute atomic E-state index is 6.34. The summed E-state index contributed by atoms with van der Waals surface area (Å²) in [6.07, 6.45) is 5.05. The van der Waals surface area contributed by atoms with Gasteiger partial charge in [-0.15, -0.1) is 11.3 Å². The fraction of sp³-hybridized carbons (Fsp3) is 0.692. The lowest BCUT2D eigenvalue weighted by Crippen LogP contribution is -2.42. The molecule has 0 aliphatic carbocycles. The van der Waals surface area contributed by atoms with E-state index in [1.807, 2.05) is 11.3 Å². The standard InChI is InChI=1S/C13H21BrN2S/c1-2-11(15)13(12-8-10(14)9-17-12)16-6-4-3-5-7-16/h8-9,11,13H,2-7,15H2,1H3. The van der Waals surface area contributed by atoms with Crippen molar-refractivity contribution in [3.8, 4) is 0 Å². The van der Waals surface area contributed by atoms with Crippen LogP contribution in [0.3, 0.4) is 0 Å². The van der Waals surface area contributed by atoms with Gasteiger partial charge in [0.15, 0.2) is 0 Å². The van der Waals surface area contributed by atoms with Crippen molar-refractivity contribution >= 4 is 27.3 Å². The highest BCUT2D eigenvalue weighted by molar-refractivity contribution is 9.10. The summed E-state index contributed by atoms with van der Waals surface area (Å²) in [5.74, 6) is 0. The molecule has 0 radical (unpaired) electrons.